The Balaban J connectivity index is 2.72. The van der Waals surface area contributed by atoms with Gasteiger partial charge in [0.25, 0.3) is 0 Å². The van der Waals surface area contributed by atoms with Crippen molar-refractivity contribution in [2.45, 2.75) is 51.1 Å². The summed E-state index contributed by atoms with van der Waals surface area (Å²) in [6, 6.07) is -0.0634. The third-order valence-corrected chi connectivity index (χ3v) is 3.07. The Labute approximate surface area is 102 Å². The molecule has 17 heavy (non-hydrogen) atoms. The highest BCUT2D eigenvalue weighted by Gasteiger charge is 2.34. The number of carbonyl (C=O) groups excluding carboxylic acids is 2. The van der Waals surface area contributed by atoms with Gasteiger partial charge in [-0.25, -0.2) is 0 Å². The fraction of sp³-hybridized carbons (Fsp3) is 0.833. The molecule has 98 valence electrons. The van der Waals surface area contributed by atoms with Gasteiger partial charge in [-0.3, -0.25) is 9.59 Å². The lowest BCUT2D eigenvalue weighted by molar-refractivity contribution is -0.146. The maximum absolute atomic E-state index is 12.1. The summed E-state index contributed by atoms with van der Waals surface area (Å²) in [5, 5.41) is 0. The van der Waals surface area contributed by atoms with Gasteiger partial charge in [-0.15, -0.1) is 0 Å². The number of amides is 1. The average molecular weight is 242 g/mol. The fourth-order valence-electron chi connectivity index (χ4n) is 2.13. The van der Waals surface area contributed by atoms with Crippen LogP contribution in [0.25, 0.3) is 0 Å². The van der Waals surface area contributed by atoms with Crippen LogP contribution in [0.1, 0.15) is 39.5 Å². The zero-order chi connectivity index (χ0) is 13.1. The first-order valence-corrected chi connectivity index (χ1v) is 6.03. The van der Waals surface area contributed by atoms with Crippen molar-refractivity contribution in [3.8, 4) is 0 Å². The Morgan fingerprint density at radius 3 is 2.59 bits per heavy atom. The number of esters is 1. The van der Waals surface area contributed by atoms with E-state index in [1.807, 2.05) is 0 Å². The number of nitrogens with zero attached hydrogens (tertiary/aromatic N) is 1. The van der Waals surface area contributed by atoms with Crippen molar-refractivity contribution in [3.63, 3.8) is 0 Å². The fourth-order valence-corrected chi connectivity index (χ4v) is 2.13. The van der Waals surface area contributed by atoms with Crippen molar-refractivity contribution < 1.29 is 14.3 Å². The Morgan fingerprint density at radius 2 is 2.06 bits per heavy atom. The molecular weight excluding hydrogens is 220 g/mol. The van der Waals surface area contributed by atoms with E-state index in [9.17, 15) is 9.59 Å². The molecule has 5 heteroatoms. The summed E-state index contributed by atoms with van der Waals surface area (Å²) >= 11 is 0. The van der Waals surface area contributed by atoms with Crippen LogP contribution in [0.2, 0.25) is 0 Å². The molecule has 0 aromatic carbocycles. The van der Waals surface area contributed by atoms with Gasteiger partial charge in [-0.05, 0) is 33.1 Å². The molecule has 1 unspecified atom stereocenters. The van der Waals surface area contributed by atoms with Crippen molar-refractivity contribution in [3.05, 3.63) is 0 Å². The van der Waals surface area contributed by atoms with Crippen LogP contribution in [0.5, 0.6) is 0 Å². The van der Waals surface area contributed by atoms with Crippen molar-refractivity contribution in [1.29, 1.82) is 0 Å². The minimum atomic E-state index is -0.883. The minimum Gasteiger partial charge on any atom is -0.469 e. The first-order chi connectivity index (χ1) is 7.86. The second-order valence-electron chi connectivity index (χ2n) is 5.15. The summed E-state index contributed by atoms with van der Waals surface area (Å²) in [7, 11) is 1.37. The Kier molecular flexibility index (Phi) is 4.51. The molecule has 5 nitrogen and oxygen atoms in total. The number of nitrogens with two attached hydrogens (primary N) is 1. The van der Waals surface area contributed by atoms with E-state index in [-0.39, 0.29) is 24.3 Å². The molecule has 1 atom stereocenters. The van der Waals surface area contributed by atoms with E-state index >= 15 is 0 Å². The number of methoxy groups -OCH3 is 1. The lowest BCUT2D eigenvalue weighted by Crippen LogP contribution is -2.56. The first-order valence-electron chi connectivity index (χ1n) is 6.03. The quantitative estimate of drug-likeness (QED) is 0.738. The van der Waals surface area contributed by atoms with Gasteiger partial charge in [0.2, 0.25) is 5.91 Å². The number of ether oxygens (including phenoxy) is 1. The second-order valence-corrected chi connectivity index (χ2v) is 5.15. The van der Waals surface area contributed by atoms with Gasteiger partial charge in [-0.2, -0.15) is 0 Å². The van der Waals surface area contributed by atoms with Gasteiger partial charge >= 0.3 is 5.97 Å². The largest absolute Gasteiger partial charge is 0.469 e. The molecule has 0 aromatic rings. The van der Waals surface area contributed by atoms with E-state index in [0.29, 0.717) is 6.54 Å². The number of rotatable bonds is 3. The smallest absolute Gasteiger partial charge is 0.307 e. The number of hydrogen-bond acceptors (Lipinski definition) is 4. The molecule has 2 N–H and O–H groups in total. The van der Waals surface area contributed by atoms with Crippen molar-refractivity contribution in [1.82, 2.24) is 4.90 Å². The van der Waals surface area contributed by atoms with Crippen molar-refractivity contribution in [2.24, 2.45) is 5.73 Å². The predicted molar refractivity (Wildman–Crippen MR) is 64.3 cm³/mol. The van der Waals surface area contributed by atoms with E-state index in [2.05, 4.69) is 4.74 Å². The zero-order valence-electron chi connectivity index (χ0n) is 10.9. The lowest BCUT2D eigenvalue weighted by atomic mass is 9.95. The highest BCUT2D eigenvalue weighted by atomic mass is 16.5. The topological polar surface area (TPSA) is 72.6 Å². The Bertz CT molecular complexity index is 297. The number of carbonyl (C=O) groups is 2. The first kappa shape index (κ1) is 14.0. The second kappa shape index (κ2) is 5.49. The molecule has 0 spiro atoms. The molecule has 0 saturated carbocycles. The number of hydrogen-bond donors (Lipinski definition) is 1. The monoisotopic (exact) mass is 242 g/mol. The molecule has 1 saturated heterocycles. The Morgan fingerprint density at radius 1 is 1.41 bits per heavy atom. The van der Waals surface area contributed by atoms with E-state index in [4.69, 9.17) is 5.73 Å². The van der Waals surface area contributed by atoms with Crippen LogP contribution < -0.4 is 5.73 Å². The third-order valence-electron chi connectivity index (χ3n) is 3.07. The van der Waals surface area contributed by atoms with E-state index < -0.39 is 5.54 Å². The van der Waals surface area contributed by atoms with Gasteiger partial charge in [0, 0.05) is 12.6 Å². The van der Waals surface area contributed by atoms with Gasteiger partial charge in [-0.1, -0.05) is 0 Å². The molecule has 1 aliphatic rings. The number of likely N-dealkylation sites (tertiary alicyclic amines) is 1. The van der Waals surface area contributed by atoms with Crippen molar-refractivity contribution >= 4 is 11.9 Å². The molecule has 1 aliphatic heterocycles. The molecule has 0 aromatic heterocycles. The highest BCUT2D eigenvalue weighted by molar-refractivity contribution is 5.86. The van der Waals surface area contributed by atoms with Crippen LogP contribution in [-0.4, -0.2) is 42.0 Å². The van der Waals surface area contributed by atoms with E-state index in [1.54, 1.807) is 18.7 Å². The molecule has 1 fully saturated rings. The maximum atomic E-state index is 12.1. The summed E-state index contributed by atoms with van der Waals surface area (Å²) < 4.78 is 4.66. The van der Waals surface area contributed by atoms with Gasteiger partial charge in [0.05, 0.1) is 19.1 Å². The Hall–Kier alpha value is -1.10. The third kappa shape index (κ3) is 3.70. The predicted octanol–water partition coefficient (Wildman–Crippen LogP) is 0.668. The standard InChI is InChI=1S/C12H22N2O3/c1-12(2,13)11(16)14-7-5-4-6-9(14)8-10(15)17-3/h9H,4-8,13H2,1-3H3. The SMILES string of the molecule is COC(=O)CC1CCCCN1C(=O)C(C)(C)N. The molecule has 1 amide bonds. The molecule has 0 radical (unpaired) electrons. The van der Waals surface area contributed by atoms with Crippen LogP contribution >= 0.6 is 0 Å². The van der Waals surface area contributed by atoms with E-state index in [1.165, 1.54) is 7.11 Å². The summed E-state index contributed by atoms with van der Waals surface area (Å²) in [6.07, 6.45) is 3.12. The van der Waals surface area contributed by atoms with Gasteiger partial charge in [0.15, 0.2) is 0 Å². The van der Waals surface area contributed by atoms with E-state index in [0.717, 1.165) is 19.3 Å². The van der Waals surface area contributed by atoms with Crippen molar-refractivity contribution in [2.75, 3.05) is 13.7 Å². The molecule has 1 heterocycles. The molecular formula is C12H22N2O3. The summed E-state index contributed by atoms with van der Waals surface area (Å²) in [4.78, 5) is 25.2. The van der Waals surface area contributed by atoms with Gasteiger partial charge in [0.1, 0.15) is 0 Å². The highest BCUT2D eigenvalue weighted by Crippen LogP contribution is 2.22. The molecule has 0 bridgehead atoms. The molecule has 0 aliphatic carbocycles. The minimum absolute atomic E-state index is 0.0634. The maximum Gasteiger partial charge on any atom is 0.307 e. The normalized spacial score (nSPS) is 21.2. The summed E-state index contributed by atoms with van der Waals surface area (Å²) in [5.41, 5.74) is 4.94. The molecule has 1 rings (SSSR count). The average Bonchev–Trinajstić information content (AvgIpc) is 2.27. The lowest BCUT2D eigenvalue weighted by Gasteiger charge is -2.38. The van der Waals surface area contributed by atoms with Crippen LogP contribution in [0.3, 0.4) is 0 Å². The van der Waals surface area contributed by atoms with Crippen LogP contribution in [0.15, 0.2) is 0 Å². The number of piperidine rings is 1. The summed E-state index contributed by atoms with van der Waals surface area (Å²) in [5.74, 6) is -0.365. The van der Waals surface area contributed by atoms with Crippen LogP contribution in [0, 0.1) is 0 Å². The zero-order valence-corrected chi connectivity index (χ0v) is 10.9. The van der Waals surface area contributed by atoms with Crippen LogP contribution in [0.4, 0.5) is 0 Å². The summed E-state index contributed by atoms with van der Waals surface area (Å²) in [6.45, 7) is 4.07. The van der Waals surface area contributed by atoms with Gasteiger partial charge < -0.3 is 15.4 Å². The van der Waals surface area contributed by atoms with Crippen LogP contribution in [-0.2, 0) is 14.3 Å².